The molecule has 25 heavy (non-hydrogen) atoms. The van der Waals surface area contributed by atoms with Gasteiger partial charge in [0.15, 0.2) is 5.96 Å². The molecule has 0 aliphatic heterocycles. The van der Waals surface area contributed by atoms with Crippen LogP contribution in [0.25, 0.3) is 10.9 Å². The van der Waals surface area contributed by atoms with Crippen LogP contribution in [-0.4, -0.2) is 51.0 Å². The van der Waals surface area contributed by atoms with Gasteiger partial charge in [-0.25, -0.2) is 8.42 Å². The molecular weight excluding hydrogens is 336 g/mol. The van der Waals surface area contributed by atoms with Gasteiger partial charge in [-0.1, -0.05) is 12.1 Å². The van der Waals surface area contributed by atoms with Crippen molar-refractivity contribution in [1.82, 2.24) is 15.6 Å². The first kappa shape index (κ1) is 19.3. The van der Waals surface area contributed by atoms with Gasteiger partial charge in [0.05, 0.1) is 5.75 Å². The van der Waals surface area contributed by atoms with Crippen LogP contribution in [0.5, 0.6) is 0 Å². The Morgan fingerprint density at radius 3 is 2.80 bits per heavy atom. The number of aromatic amines is 1. The molecule has 0 aliphatic rings. The van der Waals surface area contributed by atoms with Crippen LogP contribution in [0.1, 0.15) is 24.5 Å². The lowest BCUT2D eigenvalue weighted by molar-refractivity contribution is 0.581. The van der Waals surface area contributed by atoms with Crippen molar-refractivity contribution in [1.29, 1.82) is 0 Å². The molecule has 1 aromatic heterocycles. The zero-order chi connectivity index (χ0) is 18.4. The number of sulfone groups is 1. The molecule has 0 radical (unpaired) electrons. The van der Waals surface area contributed by atoms with E-state index in [2.05, 4.69) is 51.9 Å². The molecule has 138 valence electrons. The molecule has 0 spiro atoms. The summed E-state index contributed by atoms with van der Waals surface area (Å²) in [7, 11) is -1.22. The number of nitrogens with one attached hydrogen (secondary N) is 3. The van der Waals surface area contributed by atoms with E-state index in [1.54, 1.807) is 7.05 Å². The number of aryl methyl sites for hydroxylation is 1. The SMILES string of the molecule is CN=C(NCCc1c[nH]c2cccc(C)c12)NC(C)CCS(C)(=O)=O. The van der Waals surface area contributed by atoms with Crippen molar-refractivity contribution in [2.75, 3.05) is 25.6 Å². The monoisotopic (exact) mass is 364 g/mol. The molecule has 2 aromatic rings. The molecule has 3 N–H and O–H groups in total. The number of aromatic nitrogens is 1. The van der Waals surface area contributed by atoms with E-state index < -0.39 is 9.84 Å². The van der Waals surface area contributed by atoms with Gasteiger partial charge < -0.3 is 15.6 Å². The third kappa shape index (κ3) is 5.77. The predicted molar refractivity (Wildman–Crippen MR) is 105 cm³/mol. The van der Waals surface area contributed by atoms with Gasteiger partial charge in [-0.05, 0) is 43.9 Å². The first-order valence-electron chi connectivity index (χ1n) is 8.50. The molecule has 0 bridgehead atoms. The molecule has 0 saturated heterocycles. The van der Waals surface area contributed by atoms with Crippen LogP contribution in [0.15, 0.2) is 29.4 Å². The molecule has 1 unspecified atom stereocenters. The first-order valence-corrected chi connectivity index (χ1v) is 10.6. The molecule has 0 aliphatic carbocycles. The summed E-state index contributed by atoms with van der Waals surface area (Å²) in [5, 5.41) is 7.82. The van der Waals surface area contributed by atoms with Gasteiger partial charge >= 0.3 is 0 Å². The Bertz CT molecular complexity index is 840. The maximum absolute atomic E-state index is 11.3. The Balaban J connectivity index is 1.86. The van der Waals surface area contributed by atoms with E-state index >= 15 is 0 Å². The highest BCUT2D eigenvalue weighted by Crippen LogP contribution is 2.22. The number of H-pyrrole nitrogens is 1. The number of aliphatic imine (C=N–C) groups is 1. The molecule has 6 nitrogen and oxygen atoms in total. The average Bonchev–Trinajstić information content (AvgIpc) is 2.96. The fourth-order valence-corrected chi connectivity index (χ4v) is 3.64. The van der Waals surface area contributed by atoms with Gasteiger partial charge in [-0.15, -0.1) is 0 Å². The van der Waals surface area contributed by atoms with Gasteiger partial charge in [0.2, 0.25) is 0 Å². The fourth-order valence-electron chi connectivity index (χ4n) is 2.86. The number of rotatable bonds is 7. The van der Waals surface area contributed by atoms with Crippen LogP contribution in [-0.2, 0) is 16.3 Å². The zero-order valence-electron chi connectivity index (χ0n) is 15.4. The van der Waals surface area contributed by atoms with E-state index in [4.69, 9.17) is 0 Å². The van der Waals surface area contributed by atoms with Crippen molar-refractivity contribution >= 4 is 26.7 Å². The van der Waals surface area contributed by atoms with E-state index in [1.165, 1.54) is 22.8 Å². The second-order valence-corrected chi connectivity index (χ2v) is 8.78. The van der Waals surface area contributed by atoms with E-state index in [-0.39, 0.29) is 11.8 Å². The van der Waals surface area contributed by atoms with Gasteiger partial charge in [0.1, 0.15) is 9.84 Å². The molecule has 0 amide bonds. The summed E-state index contributed by atoms with van der Waals surface area (Å²) < 4.78 is 22.5. The van der Waals surface area contributed by atoms with Crippen molar-refractivity contribution in [2.45, 2.75) is 32.7 Å². The van der Waals surface area contributed by atoms with Crippen molar-refractivity contribution in [3.05, 3.63) is 35.5 Å². The quantitative estimate of drug-likeness (QED) is 0.518. The molecule has 2 rings (SSSR count). The highest BCUT2D eigenvalue weighted by atomic mass is 32.2. The van der Waals surface area contributed by atoms with Gasteiger partial charge in [-0.3, -0.25) is 4.99 Å². The molecule has 7 heteroatoms. The zero-order valence-corrected chi connectivity index (χ0v) is 16.2. The summed E-state index contributed by atoms with van der Waals surface area (Å²) in [6.07, 6.45) is 4.75. The third-order valence-electron chi connectivity index (χ3n) is 4.21. The summed E-state index contributed by atoms with van der Waals surface area (Å²) in [6, 6.07) is 6.30. The molecule has 1 atom stereocenters. The van der Waals surface area contributed by atoms with Crippen LogP contribution in [0.2, 0.25) is 0 Å². The Hall–Kier alpha value is -2.02. The van der Waals surface area contributed by atoms with Crippen molar-refractivity contribution < 1.29 is 8.42 Å². The lowest BCUT2D eigenvalue weighted by Gasteiger charge is -2.17. The van der Waals surface area contributed by atoms with Gasteiger partial charge in [-0.2, -0.15) is 0 Å². The topological polar surface area (TPSA) is 86.3 Å². The maximum atomic E-state index is 11.3. The fraction of sp³-hybridized carbons (Fsp3) is 0.500. The Morgan fingerprint density at radius 2 is 2.12 bits per heavy atom. The minimum atomic E-state index is -2.94. The first-order chi connectivity index (χ1) is 11.8. The molecule has 1 heterocycles. The largest absolute Gasteiger partial charge is 0.361 e. The lowest BCUT2D eigenvalue weighted by atomic mass is 10.1. The summed E-state index contributed by atoms with van der Waals surface area (Å²) in [4.78, 5) is 7.52. The minimum Gasteiger partial charge on any atom is -0.361 e. The molecule has 0 saturated carbocycles. The predicted octanol–water partition coefficient (Wildman–Crippen LogP) is 2.01. The number of fused-ring (bicyclic) bond motifs is 1. The molecular formula is C18H28N4O2S. The highest BCUT2D eigenvalue weighted by molar-refractivity contribution is 7.90. The second kappa shape index (κ2) is 8.38. The van der Waals surface area contributed by atoms with Crippen LogP contribution >= 0.6 is 0 Å². The number of benzene rings is 1. The number of guanidine groups is 1. The standard InChI is InChI=1S/C18H28N4O2S/c1-13-6-5-7-16-17(13)15(12-21-16)8-10-20-18(19-3)22-14(2)9-11-25(4,23)24/h5-7,12,14,21H,8-11H2,1-4H3,(H2,19,20,22). The van der Waals surface area contributed by atoms with E-state index in [1.807, 2.05) is 6.92 Å². The normalized spacial score (nSPS) is 13.8. The number of hydrogen-bond donors (Lipinski definition) is 3. The van der Waals surface area contributed by atoms with E-state index in [0.29, 0.717) is 12.4 Å². The summed E-state index contributed by atoms with van der Waals surface area (Å²) >= 11 is 0. The summed E-state index contributed by atoms with van der Waals surface area (Å²) in [5.41, 5.74) is 3.71. The van der Waals surface area contributed by atoms with E-state index in [0.717, 1.165) is 18.5 Å². The van der Waals surface area contributed by atoms with Crippen molar-refractivity contribution in [3.63, 3.8) is 0 Å². The Labute approximate surface area is 150 Å². The maximum Gasteiger partial charge on any atom is 0.191 e. The Kier molecular flexibility index (Phi) is 6.47. The van der Waals surface area contributed by atoms with Crippen molar-refractivity contribution in [3.8, 4) is 0 Å². The number of nitrogens with zero attached hydrogens (tertiary/aromatic N) is 1. The molecule has 1 aromatic carbocycles. The average molecular weight is 365 g/mol. The van der Waals surface area contributed by atoms with Gasteiger partial charge in [0.25, 0.3) is 0 Å². The molecule has 0 fully saturated rings. The van der Waals surface area contributed by atoms with Crippen LogP contribution in [0.4, 0.5) is 0 Å². The highest BCUT2D eigenvalue weighted by Gasteiger charge is 2.10. The van der Waals surface area contributed by atoms with Crippen LogP contribution < -0.4 is 10.6 Å². The minimum absolute atomic E-state index is 0.0382. The number of hydrogen-bond acceptors (Lipinski definition) is 3. The summed E-state index contributed by atoms with van der Waals surface area (Å²) in [6.45, 7) is 4.83. The van der Waals surface area contributed by atoms with E-state index in [9.17, 15) is 8.42 Å². The van der Waals surface area contributed by atoms with Crippen LogP contribution in [0.3, 0.4) is 0 Å². The van der Waals surface area contributed by atoms with Crippen molar-refractivity contribution in [2.24, 2.45) is 4.99 Å². The Morgan fingerprint density at radius 1 is 1.36 bits per heavy atom. The van der Waals surface area contributed by atoms with Gasteiger partial charge in [0, 0.05) is 43.0 Å². The third-order valence-corrected chi connectivity index (χ3v) is 5.19. The summed E-state index contributed by atoms with van der Waals surface area (Å²) in [5.74, 6) is 0.866. The smallest absolute Gasteiger partial charge is 0.191 e. The van der Waals surface area contributed by atoms with Crippen LogP contribution in [0, 0.1) is 6.92 Å². The lowest BCUT2D eigenvalue weighted by Crippen LogP contribution is -2.43. The second-order valence-electron chi connectivity index (χ2n) is 6.52.